The number of nitrogens with one attached hydrogen (secondary N) is 2. The molecule has 4 rings (SSSR count). The maximum atomic E-state index is 12.7. The Morgan fingerprint density at radius 1 is 1.06 bits per heavy atom. The van der Waals surface area contributed by atoms with Crippen LogP contribution in [0.4, 0.5) is 17.3 Å². The average Bonchev–Trinajstić information content (AvgIpc) is 3.12. The van der Waals surface area contributed by atoms with Crippen molar-refractivity contribution in [3.05, 3.63) is 29.6 Å². The molecule has 0 saturated carbocycles. The molecule has 3 heterocycles. The van der Waals surface area contributed by atoms with E-state index in [0.717, 1.165) is 5.56 Å². The van der Waals surface area contributed by atoms with Crippen LogP contribution in [-0.4, -0.2) is 85.7 Å². The number of anilines is 2. The lowest BCUT2D eigenvalue weighted by Gasteiger charge is -2.24. The van der Waals surface area contributed by atoms with Crippen molar-refractivity contribution in [2.75, 3.05) is 58.6 Å². The molecule has 0 saturated heterocycles. The molecule has 1 aromatic carbocycles. The topological polar surface area (TPSA) is 121 Å². The van der Waals surface area contributed by atoms with Gasteiger partial charge in [0.2, 0.25) is 11.8 Å². The van der Waals surface area contributed by atoms with E-state index in [9.17, 15) is 9.59 Å². The number of amides is 2. The van der Waals surface area contributed by atoms with Crippen molar-refractivity contribution in [1.82, 2.24) is 19.8 Å². The first-order valence-corrected chi connectivity index (χ1v) is 10.5. The third-order valence-electron chi connectivity index (χ3n) is 5.64. The molecular weight excluding hydrogens is 426 g/mol. The quantitative estimate of drug-likeness (QED) is 0.697. The molecule has 2 aliphatic heterocycles. The van der Waals surface area contributed by atoms with Crippen molar-refractivity contribution < 1.29 is 19.1 Å². The molecule has 0 spiro atoms. The summed E-state index contributed by atoms with van der Waals surface area (Å²) in [5.74, 6) is 1.17. The van der Waals surface area contributed by atoms with Crippen LogP contribution in [0.3, 0.4) is 0 Å². The van der Waals surface area contributed by atoms with E-state index in [4.69, 9.17) is 9.47 Å². The molecule has 2 bridgehead atoms. The third-order valence-corrected chi connectivity index (χ3v) is 5.64. The van der Waals surface area contributed by atoms with Crippen molar-refractivity contribution in [3.63, 3.8) is 0 Å². The Balaban J connectivity index is 1.80. The summed E-state index contributed by atoms with van der Waals surface area (Å²) in [6, 6.07) is 3.61. The highest BCUT2D eigenvalue weighted by Crippen LogP contribution is 2.38. The molecule has 2 aliphatic rings. The zero-order valence-electron chi connectivity index (χ0n) is 19.1. The van der Waals surface area contributed by atoms with Gasteiger partial charge in [0, 0.05) is 44.5 Å². The predicted octanol–water partition coefficient (Wildman–Crippen LogP) is 1.25. The molecular formula is C22H27N7O4. The minimum absolute atomic E-state index is 0.0193. The summed E-state index contributed by atoms with van der Waals surface area (Å²) in [6.45, 7) is 1.63. The summed E-state index contributed by atoms with van der Waals surface area (Å²) in [5, 5.41) is 6.01. The summed E-state index contributed by atoms with van der Waals surface area (Å²) in [6.07, 6.45) is 2.98. The van der Waals surface area contributed by atoms with E-state index in [1.807, 2.05) is 18.0 Å². The first-order valence-electron chi connectivity index (χ1n) is 10.5. The number of fused-ring (bicyclic) bond motifs is 2. The van der Waals surface area contributed by atoms with Gasteiger partial charge in [0.25, 0.3) is 0 Å². The van der Waals surface area contributed by atoms with Crippen LogP contribution in [0, 0.1) is 0 Å². The SMILES string of the molecule is COc1cc2cc(c1OC)CN(C)CC(=O)N(C)CCNc1ncnc3c1C(C=N2)C(=O)N3. The zero-order valence-corrected chi connectivity index (χ0v) is 19.1. The third kappa shape index (κ3) is 4.58. The summed E-state index contributed by atoms with van der Waals surface area (Å²) in [5.41, 5.74) is 2.04. The summed E-state index contributed by atoms with van der Waals surface area (Å²) in [7, 11) is 6.76. The molecule has 2 amide bonds. The molecule has 2 aromatic rings. The Labute approximate surface area is 191 Å². The minimum Gasteiger partial charge on any atom is -0.493 e. The smallest absolute Gasteiger partial charge is 0.238 e. The fraction of sp³-hybridized carbons (Fsp3) is 0.409. The Morgan fingerprint density at radius 3 is 2.61 bits per heavy atom. The molecule has 174 valence electrons. The lowest BCUT2D eigenvalue weighted by molar-refractivity contribution is -0.130. The largest absolute Gasteiger partial charge is 0.493 e. The monoisotopic (exact) mass is 453 g/mol. The maximum Gasteiger partial charge on any atom is 0.238 e. The van der Waals surface area contributed by atoms with Crippen molar-refractivity contribution in [1.29, 1.82) is 0 Å². The number of carbonyl (C=O) groups excluding carboxylic acids is 2. The fourth-order valence-corrected chi connectivity index (χ4v) is 3.94. The first-order chi connectivity index (χ1) is 15.9. The second-order valence-electron chi connectivity index (χ2n) is 7.98. The van der Waals surface area contributed by atoms with E-state index in [0.29, 0.717) is 54.0 Å². The van der Waals surface area contributed by atoms with Crippen LogP contribution < -0.4 is 20.1 Å². The van der Waals surface area contributed by atoms with Crippen molar-refractivity contribution in [2.24, 2.45) is 4.99 Å². The number of methoxy groups -OCH3 is 2. The molecule has 11 heteroatoms. The Bertz CT molecular complexity index is 1100. The van der Waals surface area contributed by atoms with Gasteiger partial charge < -0.3 is 25.0 Å². The highest BCUT2D eigenvalue weighted by Gasteiger charge is 2.34. The molecule has 1 unspecified atom stereocenters. The van der Waals surface area contributed by atoms with Gasteiger partial charge in [-0.2, -0.15) is 0 Å². The van der Waals surface area contributed by atoms with E-state index < -0.39 is 5.92 Å². The highest BCUT2D eigenvalue weighted by molar-refractivity contribution is 6.13. The number of nitrogens with zero attached hydrogens (tertiary/aromatic N) is 5. The zero-order chi connectivity index (χ0) is 23.5. The van der Waals surface area contributed by atoms with Crippen LogP contribution >= 0.6 is 0 Å². The van der Waals surface area contributed by atoms with Gasteiger partial charge in [-0.05, 0) is 13.1 Å². The summed E-state index contributed by atoms with van der Waals surface area (Å²) < 4.78 is 11.1. The van der Waals surface area contributed by atoms with Crippen LogP contribution in [0.25, 0.3) is 0 Å². The van der Waals surface area contributed by atoms with Crippen molar-refractivity contribution >= 4 is 35.4 Å². The lowest BCUT2D eigenvalue weighted by atomic mass is 10.0. The number of benzene rings is 1. The number of likely N-dealkylation sites (N-methyl/N-ethyl adjacent to an activating group) is 2. The van der Waals surface area contributed by atoms with Crippen LogP contribution in [0.15, 0.2) is 23.5 Å². The molecule has 1 aromatic heterocycles. The van der Waals surface area contributed by atoms with Crippen molar-refractivity contribution in [3.8, 4) is 11.5 Å². The molecule has 0 aliphatic carbocycles. The van der Waals surface area contributed by atoms with E-state index in [1.165, 1.54) is 6.33 Å². The Morgan fingerprint density at radius 2 is 1.85 bits per heavy atom. The minimum atomic E-state index is -0.657. The number of hydrogen-bond donors (Lipinski definition) is 2. The van der Waals surface area contributed by atoms with Gasteiger partial charge >= 0.3 is 0 Å². The van der Waals surface area contributed by atoms with Crippen LogP contribution in [0.1, 0.15) is 17.0 Å². The van der Waals surface area contributed by atoms with E-state index in [2.05, 4.69) is 25.6 Å². The molecule has 1 atom stereocenters. The lowest BCUT2D eigenvalue weighted by Crippen LogP contribution is -2.38. The average molecular weight is 454 g/mol. The Kier molecular flexibility index (Phi) is 6.40. The summed E-state index contributed by atoms with van der Waals surface area (Å²) in [4.78, 5) is 42.0. The van der Waals surface area contributed by atoms with E-state index in [1.54, 1.807) is 38.4 Å². The Hall–Kier alpha value is -3.73. The van der Waals surface area contributed by atoms with E-state index in [-0.39, 0.29) is 18.4 Å². The van der Waals surface area contributed by atoms with Crippen LogP contribution in [0.2, 0.25) is 0 Å². The normalized spacial score (nSPS) is 19.0. The van der Waals surface area contributed by atoms with E-state index >= 15 is 0 Å². The molecule has 2 N–H and O–H groups in total. The van der Waals surface area contributed by atoms with Crippen LogP contribution in [-0.2, 0) is 16.1 Å². The number of rotatable bonds is 2. The standard InChI is InChI=1S/C22H27N7O4/c1-28-10-13-7-14(8-16(32-3)19(13)33-4)24-9-15-18-20(23-5-6-29(2)17(30)11-28)25-12-26-21(18)27-22(15)31/h7-9,12,15H,5-6,10-11H2,1-4H3,(H2,23,25,26,27,31). The van der Waals surface area contributed by atoms with Crippen molar-refractivity contribution in [2.45, 2.75) is 12.5 Å². The van der Waals surface area contributed by atoms with Crippen LogP contribution in [0.5, 0.6) is 11.5 Å². The molecule has 11 nitrogen and oxygen atoms in total. The molecule has 0 radical (unpaired) electrons. The molecule has 0 fully saturated rings. The van der Waals surface area contributed by atoms with Gasteiger partial charge in [-0.1, -0.05) is 0 Å². The van der Waals surface area contributed by atoms with Gasteiger partial charge in [0.15, 0.2) is 11.5 Å². The first kappa shape index (κ1) is 22.5. The van der Waals surface area contributed by atoms with Gasteiger partial charge in [-0.3, -0.25) is 19.5 Å². The van der Waals surface area contributed by atoms with Gasteiger partial charge in [-0.25, -0.2) is 9.97 Å². The van der Waals surface area contributed by atoms with Gasteiger partial charge in [-0.15, -0.1) is 0 Å². The fourth-order valence-electron chi connectivity index (χ4n) is 3.94. The maximum absolute atomic E-state index is 12.7. The number of aromatic nitrogens is 2. The number of aliphatic imine (C=N–C) groups is 1. The second kappa shape index (κ2) is 9.41. The highest BCUT2D eigenvalue weighted by atomic mass is 16.5. The number of carbonyl (C=O) groups is 2. The van der Waals surface area contributed by atoms with Gasteiger partial charge in [0.1, 0.15) is 23.9 Å². The summed E-state index contributed by atoms with van der Waals surface area (Å²) >= 11 is 0. The number of ether oxygens (including phenoxy) is 2. The molecule has 33 heavy (non-hydrogen) atoms. The second-order valence-corrected chi connectivity index (χ2v) is 7.98. The predicted molar refractivity (Wildman–Crippen MR) is 124 cm³/mol. The van der Waals surface area contributed by atoms with Gasteiger partial charge in [0.05, 0.1) is 32.0 Å². The number of hydrogen-bond acceptors (Lipinski definition) is 9.